The number of nitrogens with one attached hydrogen (secondary N) is 1. The van der Waals surface area contributed by atoms with Gasteiger partial charge in [-0.1, -0.05) is 22.0 Å². The van der Waals surface area contributed by atoms with Crippen molar-refractivity contribution in [2.75, 3.05) is 11.9 Å². The van der Waals surface area contributed by atoms with Crippen LogP contribution in [0.25, 0.3) is 0 Å². The average Bonchev–Trinajstić information content (AvgIpc) is 2.18. The number of hydrogen-bond acceptors (Lipinski definition) is 3. The van der Waals surface area contributed by atoms with Crippen LogP contribution in [0.4, 0.5) is 5.69 Å². The fourth-order valence-electron chi connectivity index (χ4n) is 1.13. The van der Waals surface area contributed by atoms with Crippen molar-refractivity contribution in [3.63, 3.8) is 0 Å². The fourth-order valence-corrected chi connectivity index (χ4v) is 1.67. The van der Waals surface area contributed by atoms with Crippen LogP contribution >= 0.6 is 15.9 Å². The predicted octanol–water partition coefficient (Wildman–Crippen LogP) is 1.70. The van der Waals surface area contributed by atoms with Gasteiger partial charge < -0.3 is 16.2 Å². The molecule has 0 fully saturated rings. The molecule has 0 aliphatic rings. The van der Waals surface area contributed by atoms with E-state index in [9.17, 15) is 0 Å². The highest BCUT2D eigenvalue weighted by Gasteiger charge is 2.02. The summed E-state index contributed by atoms with van der Waals surface area (Å²) in [5, 5.41) is 12.0. The summed E-state index contributed by atoms with van der Waals surface area (Å²) >= 11 is 3.44. The molecule has 1 atom stereocenters. The van der Waals surface area contributed by atoms with E-state index in [4.69, 9.17) is 10.8 Å². The van der Waals surface area contributed by atoms with Gasteiger partial charge in [-0.15, -0.1) is 0 Å². The molecule has 0 radical (unpaired) electrons. The first-order chi connectivity index (χ1) is 6.67. The first-order valence-corrected chi connectivity index (χ1v) is 5.32. The summed E-state index contributed by atoms with van der Waals surface area (Å²) in [7, 11) is 0. The van der Waals surface area contributed by atoms with Crippen LogP contribution in [-0.4, -0.2) is 17.8 Å². The summed E-state index contributed by atoms with van der Waals surface area (Å²) in [6.07, 6.45) is 0. The maximum absolute atomic E-state index is 8.87. The van der Waals surface area contributed by atoms with Gasteiger partial charge in [0.2, 0.25) is 0 Å². The number of anilines is 1. The van der Waals surface area contributed by atoms with Crippen LogP contribution in [0.3, 0.4) is 0 Å². The van der Waals surface area contributed by atoms with Crippen LogP contribution in [0.2, 0.25) is 0 Å². The molecule has 0 aliphatic carbocycles. The summed E-state index contributed by atoms with van der Waals surface area (Å²) in [6.45, 7) is 2.57. The SMILES string of the molecule is CC(CO)Nc1ccc(CN)c(Br)c1. The van der Waals surface area contributed by atoms with Crippen molar-refractivity contribution in [3.8, 4) is 0 Å². The van der Waals surface area contributed by atoms with Crippen molar-refractivity contribution >= 4 is 21.6 Å². The van der Waals surface area contributed by atoms with Crippen molar-refractivity contribution in [3.05, 3.63) is 28.2 Å². The second kappa shape index (κ2) is 5.34. The van der Waals surface area contributed by atoms with Crippen molar-refractivity contribution in [2.45, 2.75) is 19.5 Å². The second-order valence-corrected chi connectivity index (χ2v) is 4.09. The topological polar surface area (TPSA) is 58.3 Å². The lowest BCUT2D eigenvalue weighted by atomic mass is 10.2. The zero-order valence-electron chi connectivity index (χ0n) is 8.13. The van der Waals surface area contributed by atoms with E-state index >= 15 is 0 Å². The Bertz CT molecular complexity index is 304. The molecule has 0 saturated carbocycles. The van der Waals surface area contributed by atoms with Crippen molar-refractivity contribution in [1.82, 2.24) is 0 Å². The average molecular weight is 259 g/mol. The highest BCUT2D eigenvalue weighted by molar-refractivity contribution is 9.10. The number of halogens is 1. The first-order valence-electron chi connectivity index (χ1n) is 4.53. The Kier molecular flexibility index (Phi) is 4.38. The number of rotatable bonds is 4. The smallest absolute Gasteiger partial charge is 0.0630 e. The third kappa shape index (κ3) is 2.97. The molecule has 78 valence electrons. The number of aliphatic hydroxyl groups is 1. The second-order valence-electron chi connectivity index (χ2n) is 3.24. The summed E-state index contributed by atoms with van der Waals surface area (Å²) < 4.78 is 0.995. The quantitative estimate of drug-likeness (QED) is 0.771. The third-order valence-electron chi connectivity index (χ3n) is 1.96. The van der Waals surface area contributed by atoms with Crippen LogP contribution in [0.1, 0.15) is 12.5 Å². The van der Waals surface area contributed by atoms with Crippen molar-refractivity contribution in [2.24, 2.45) is 5.73 Å². The molecular weight excluding hydrogens is 244 g/mol. The predicted molar refractivity (Wildman–Crippen MR) is 62.2 cm³/mol. The minimum absolute atomic E-state index is 0.0608. The van der Waals surface area contributed by atoms with Gasteiger partial charge in [-0.3, -0.25) is 0 Å². The molecule has 3 nitrogen and oxygen atoms in total. The van der Waals surface area contributed by atoms with Gasteiger partial charge in [0, 0.05) is 22.7 Å². The molecular formula is C10H15BrN2O. The lowest BCUT2D eigenvalue weighted by molar-refractivity contribution is 0.281. The molecule has 4 N–H and O–H groups in total. The summed E-state index contributed by atoms with van der Waals surface area (Å²) in [4.78, 5) is 0. The molecule has 0 aliphatic heterocycles. The van der Waals surface area contributed by atoms with Gasteiger partial charge >= 0.3 is 0 Å². The monoisotopic (exact) mass is 258 g/mol. The van der Waals surface area contributed by atoms with Gasteiger partial charge in [0.25, 0.3) is 0 Å². The van der Waals surface area contributed by atoms with E-state index in [0.717, 1.165) is 15.7 Å². The molecule has 1 aromatic carbocycles. The van der Waals surface area contributed by atoms with Crippen LogP contribution in [0.15, 0.2) is 22.7 Å². The van der Waals surface area contributed by atoms with E-state index in [2.05, 4.69) is 21.2 Å². The van der Waals surface area contributed by atoms with Crippen LogP contribution < -0.4 is 11.1 Å². The molecule has 1 rings (SSSR count). The highest BCUT2D eigenvalue weighted by Crippen LogP contribution is 2.21. The lowest BCUT2D eigenvalue weighted by Crippen LogP contribution is -2.19. The van der Waals surface area contributed by atoms with Gasteiger partial charge in [0.05, 0.1) is 6.61 Å². The summed E-state index contributed by atoms with van der Waals surface area (Å²) in [5.74, 6) is 0. The standard InChI is InChI=1S/C10H15BrN2O/c1-7(6-14)13-9-3-2-8(5-12)10(11)4-9/h2-4,7,13-14H,5-6,12H2,1H3. The van der Waals surface area contributed by atoms with E-state index in [1.54, 1.807) is 0 Å². The van der Waals surface area contributed by atoms with E-state index in [1.807, 2.05) is 25.1 Å². The van der Waals surface area contributed by atoms with Crippen molar-refractivity contribution < 1.29 is 5.11 Å². The lowest BCUT2D eigenvalue weighted by Gasteiger charge is -2.13. The van der Waals surface area contributed by atoms with E-state index in [-0.39, 0.29) is 12.6 Å². The minimum Gasteiger partial charge on any atom is -0.394 e. The van der Waals surface area contributed by atoms with Gasteiger partial charge in [-0.25, -0.2) is 0 Å². The molecule has 0 aromatic heterocycles. The van der Waals surface area contributed by atoms with Gasteiger partial charge in [-0.2, -0.15) is 0 Å². The largest absolute Gasteiger partial charge is 0.394 e. The Morgan fingerprint density at radius 1 is 1.57 bits per heavy atom. The zero-order chi connectivity index (χ0) is 10.6. The van der Waals surface area contributed by atoms with Crippen LogP contribution in [0.5, 0.6) is 0 Å². The molecule has 1 aromatic rings. The Labute approximate surface area is 92.4 Å². The first kappa shape index (κ1) is 11.5. The van der Waals surface area contributed by atoms with E-state index in [1.165, 1.54) is 0 Å². The molecule has 4 heteroatoms. The Hall–Kier alpha value is -0.580. The molecule has 0 saturated heterocycles. The number of hydrogen-bond donors (Lipinski definition) is 3. The molecule has 0 heterocycles. The van der Waals surface area contributed by atoms with E-state index in [0.29, 0.717) is 6.54 Å². The highest BCUT2D eigenvalue weighted by atomic mass is 79.9. The van der Waals surface area contributed by atoms with Crippen molar-refractivity contribution in [1.29, 1.82) is 0 Å². The molecule has 1 unspecified atom stereocenters. The number of aliphatic hydroxyl groups excluding tert-OH is 1. The molecule has 0 amide bonds. The van der Waals surface area contributed by atoms with Crippen LogP contribution in [-0.2, 0) is 6.54 Å². The Balaban J connectivity index is 2.76. The third-order valence-corrected chi connectivity index (χ3v) is 2.70. The minimum atomic E-state index is 0.0608. The number of nitrogens with two attached hydrogens (primary N) is 1. The Morgan fingerprint density at radius 2 is 2.29 bits per heavy atom. The maximum atomic E-state index is 8.87. The van der Waals surface area contributed by atoms with E-state index < -0.39 is 0 Å². The van der Waals surface area contributed by atoms with Gasteiger partial charge in [-0.05, 0) is 24.6 Å². The number of benzene rings is 1. The molecule has 0 bridgehead atoms. The van der Waals surface area contributed by atoms with Gasteiger partial charge in [0.15, 0.2) is 0 Å². The van der Waals surface area contributed by atoms with Gasteiger partial charge in [0.1, 0.15) is 0 Å². The summed E-state index contributed by atoms with van der Waals surface area (Å²) in [5.41, 5.74) is 7.60. The molecule has 14 heavy (non-hydrogen) atoms. The Morgan fingerprint density at radius 3 is 2.79 bits per heavy atom. The zero-order valence-corrected chi connectivity index (χ0v) is 9.71. The molecule has 0 spiro atoms. The summed E-state index contributed by atoms with van der Waals surface area (Å²) in [6, 6.07) is 5.95. The fraction of sp³-hybridized carbons (Fsp3) is 0.400. The van der Waals surface area contributed by atoms with Crippen LogP contribution in [0, 0.1) is 0 Å². The maximum Gasteiger partial charge on any atom is 0.0630 e. The normalized spacial score (nSPS) is 12.6.